The summed E-state index contributed by atoms with van der Waals surface area (Å²) < 4.78 is 18.8. The zero-order valence-corrected chi connectivity index (χ0v) is 78.1. The second-order valence-electron chi connectivity index (χ2n) is 38.3. The molecular weight excluding hydrogens is 1460 g/mol. The van der Waals surface area contributed by atoms with E-state index in [1.807, 2.05) is 0 Å². The second kappa shape index (κ2) is 59.0. The first kappa shape index (κ1) is 104. The van der Waals surface area contributed by atoms with Crippen LogP contribution >= 0.6 is 0 Å². The fourth-order valence-electron chi connectivity index (χ4n) is 19.5. The molecule has 11 aliphatic carbocycles. The van der Waals surface area contributed by atoms with E-state index >= 15 is 0 Å². The number of esters is 3. The lowest BCUT2D eigenvalue weighted by Gasteiger charge is -2.39. The third kappa shape index (κ3) is 40.9. The van der Waals surface area contributed by atoms with Gasteiger partial charge >= 0.3 is 17.9 Å². The van der Waals surface area contributed by atoms with Crippen molar-refractivity contribution < 1.29 is 42.9 Å². The zero-order valence-electron chi connectivity index (χ0n) is 78.1. The number of hydrogen-bond donors (Lipinski definition) is 1. The quantitative estimate of drug-likeness (QED) is 0.0185. The molecule has 2 N–H and O–H groups in total. The van der Waals surface area contributed by atoms with Crippen molar-refractivity contribution in [3.63, 3.8) is 0 Å². The van der Waals surface area contributed by atoms with Crippen LogP contribution in [-0.2, 0) is 42.9 Å². The Hall–Kier alpha value is -5.89. The number of methoxy groups -OCH3 is 4. The van der Waals surface area contributed by atoms with Crippen LogP contribution in [0.25, 0.3) is 0 Å². The van der Waals surface area contributed by atoms with E-state index in [0.717, 1.165) is 126 Å². The predicted octanol–water partition coefficient (Wildman–Crippen LogP) is 26.6. The van der Waals surface area contributed by atoms with E-state index in [2.05, 4.69) is 162 Å². The number of hydrogen-bond acceptors (Lipinski definition) is 14. The molecule has 12 unspecified atom stereocenters. The lowest BCUT2D eigenvalue weighted by molar-refractivity contribution is -0.141. The first-order valence-electron chi connectivity index (χ1n) is 47.4. The predicted molar refractivity (Wildman–Crippen MR) is 499 cm³/mol. The summed E-state index contributed by atoms with van der Waals surface area (Å²) in [6.45, 7) is 34.0. The van der Waals surface area contributed by atoms with Crippen molar-refractivity contribution in [3.05, 3.63) is 94.9 Å². The number of rotatable bonds is 24. The van der Waals surface area contributed by atoms with Crippen molar-refractivity contribution in [3.8, 4) is 0 Å². The van der Waals surface area contributed by atoms with Crippen molar-refractivity contribution in [1.29, 1.82) is 0 Å². The molecule has 5 fully saturated rings. The summed E-state index contributed by atoms with van der Waals surface area (Å²) in [5, 5.41) is 0. The van der Waals surface area contributed by atoms with Crippen LogP contribution in [0.3, 0.4) is 0 Å². The molecule has 0 aromatic carbocycles. The standard InChI is InChI=1S/2C20H33NO2.2C15H25N.C15H24O2.C9H14O.C6H13N.C4H6O2/c2*1-16-11-13-20(17(2)14-16,12-7-10-19(22)23-3)15-21-18-8-5-4-6-9-18;2*1-12-8-9-14(13(2)10-12)11-16-15-6-4-3-5-7-15;1-12-7-9-15(11-16,13(2)10-12)8-5-6-14(3)17-4;1-7-3-4-9(6-10)8(2)5-7;7-6-4-2-1-3-5-6;1-3-4(5)6-2/h2*11,15,17-18H,4-10,12-14H2,1-3H3;2*8,11,13-15H,3-7,9-10H2,1-2H3;7,11,13H,3,5-6,8-10H2,1-2,4H3;3,6,8-9H,4-5H2,1-2H3;6H,1-5,7H2;3H,1H2,2H3. The van der Waals surface area contributed by atoms with Gasteiger partial charge in [-0.1, -0.05) is 221 Å². The summed E-state index contributed by atoms with van der Waals surface area (Å²) >= 11 is 0. The highest BCUT2D eigenvalue weighted by atomic mass is 16.5. The van der Waals surface area contributed by atoms with Gasteiger partial charge in [0.15, 0.2) is 0 Å². The van der Waals surface area contributed by atoms with E-state index in [9.17, 15) is 24.0 Å². The maximum atomic E-state index is 11.5. The number of nitrogens with two attached hydrogens (primary N) is 1. The van der Waals surface area contributed by atoms with Crippen LogP contribution < -0.4 is 5.73 Å². The fourth-order valence-corrected chi connectivity index (χ4v) is 19.5. The summed E-state index contributed by atoms with van der Waals surface area (Å²) in [5.74, 6) is 5.67. The average Bonchev–Trinajstić information content (AvgIpc) is 0.816. The first-order valence-corrected chi connectivity index (χ1v) is 47.4. The Morgan fingerprint density at radius 2 is 0.712 bits per heavy atom. The molecule has 0 aromatic heterocycles. The van der Waals surface area contributed by atoms with Gasteiger partial charge in [0.25, 0.3) is 0 Å². The molecule has 0 spiro atoms. The summed E-state index contributed by atoms with van der Waals surface area (Å²) in [7, 11) is 5.90. The van der Waals surface area contributed by atoms with Gasteiger partial charge < -0.3 is 34.3 Å². The summed E-state index contributed by atoms with van der Waals surface area (Å²) in [6.07, 6.45) is 80.9. The van der Waals surface area contributed by atoms with Crippen molar-refractivity contribution in [1.82, 2.24) is 0 Å². The summed E-state index contributed by atoms with van der Waals surface area (Å²) in [5.41, 5.74) is 14.7. The fraction of sp³-hybridized carbons (Fsp3) is 0.760. The van der Waals surface area contributed by atoms with Crippen LogP contribution in [0.15, 0.2) is 115 Å². The smallest absolute Gasteiger partial charge is 0.329 e. The van der Waals surface area contributed by atoms with E-state index in [1.54, 1.807) is 18.3 Å². The molecule has 12 atom stereocenters. The van der Waals surface area contributed by atoms with Gasteiger partial charge in [-0.2, -0.15) is 0 Å². The molecule has 0 aromatic rings. The molecule has 0 aliphatic heterocycles. The Bertz CT molecular complexity index is 3090. The van der Waals surface area contributed by atoms with Gasteiger partial charge in [-0.05, 0) is 257 Å². The Balaban J connectivity index is 0.000000292. The van der Waals surface area contributed by atoms with Gasteiger partial charge in [0.2, 0.25) is 0 Å². The molecule has 0 bridgehead atoms. The molecule has 11 rings (SSSR count). The van der Waals surface area contributed by atoms with Crippen LogP contribution in [0, 0.1) is 69.5 Å². The second-order valence-corrected chi connectivity index (χ2v) is 38.3. The zero-order chi connectivity index (χ0) is 86.7. The Kier molecular flexibility index (Phi) is 52.2. The van der Waals surface area contributed by atoms with Gasteiger partial charge in [-0.25, -0.2) is 4.79 Å². The van der Waals surface area contributed by atoms with Crippen LogP contribution in [-0.4, -0.2) is 114 Å². The molecule has 0 saturated heterocycles. The highest BCUT2D eigenvalue weighted by molar-refractivity contribution is 5.81. The van der Waals surface area contributed by atoms with Gasteiger partial charge in [0, 0.05) is 114 Å². The highest BCUT2D eigenvalue weighted by Crippen LogP contribution is 2.47. The van der Waals surface area contributed by atoms with E-state index < -0.39 is 5.97 Å². The number of nitrogens with zero attached hydrogens (tertiary/aromatic N) is 4. The van der Waals surface area contributed by atoms with Crippen molar-refractivity contribution >= 4 is 55.3 Å². The van der Waals surface area contributed by atoms with Gasteiger partial charge in [-0.15, -0.1) is 0 Å². The Morgan fingerprint density at radius 1 is 0.407 bits per heavy atom. The van der Waals surface area contributed by atoms with Crippen LogP contribution in [0.1, 0.15) is 378 Å². The van der Waals surface area contributed by atoms with Gasteiger partial charge in [-0.3, -0.25) is 29.6 Å². The van der Waals surface area contributed by atoms with Gasteiger partial charge in [0.05, 0.1) is 34.2 Å². The summed E-state index contributed by atoms with van der Waals surface area (Å²) in [4.78, 5) is 74.3. The molecule has 5 saturated carbocycles. The number of aliphatic imine (C=N–C) groups is 4. The molecular formula is C104H173N5O9. The van der Waals surface area contributed by atoms with E-state index in [4.69, 9.17) is 39.9 Å². The van der Waals surface area contributed by atoms with Gasteiger partial charge in [0.1, 0.15) is 12.6 Å². The molecule has 668 valence electrons. The lowest BCUT2D eigenvalue weighted by Crippen LogP contribution is -2.34. The molecule has 11 aliphatic rings. The maximum absolute atomic E-state index is 11.5. The van der Waals surface area contributed by atoms with Crippen LogP contribution in [0.2, 0.25) is 0 Å². The number of carbonyl (C=O) groups excluding carboxylic acids is 5. The lowest BCUT2D eigenvalue weighted by atomic mass is 9.66. The van der Waals surface area contributed by atoms with Crippen molar-refractivity contribution in [2.75, 3.05) is 28.4 Å². The first-order chi connectivity index (χ1) is 56.6. The van der Waals surface area contributed by atoms with Crippen molar-refractivity contribution in [2.45, 2.75) is 409 Å². The Labute approximate surface area is 721 Å². The molecule has 0 amide bonds. The van der Waals surface area contributed by atoms with E-state index in [0.29, 0.717) is 78.6 Å². The number of aldehydes is 2. The molecule has 14 nitrogen and oxygen atoms in total. The minimum atomic E-state index is -0.394. The number of carbonyl (C=O) groups is 5. The third-order valence-corrected chi connectivity index (χ3v) is 28.3. The number of ether oxygens (including phenoxy) is 4. The molecule has 14 heteroatoms. The normalized spacial score (nSPS) is 29.2. The molecule has 118 heavy (non-hydrogen) atoms. The molecule has 0 radical (unpaired) electrons. The third-order valence-electron chi connectivity index (χ3n) is 28.3. The SMILES string of the molecule is C=C(CCCC1(C=O)CC=C(C)CC1C)OC.C=CC(=O)OC.CC1=CCC(C=NC2CCCCC2)C(C)C1.CC1=CCC(C=NC2CCCCC2)C(C)C1.CC1=CCC(C=O)C(C)C1.COC(=O)CCCC1(C=NC2CCCCC2)CC=C(C)CC1C.COC(=O)CCCC1(C=NC2CCCCC2)CC=C(C)CC1C.NC1CCCCC1. The largest absolute Gasteiger partial charge is 0.502 e. The van der Waals surface area contributed by atoms with E-state index in [1.165, 1.54) is 236 Å². The Morgan fingerprint density at radius 3 is 0.983 bits per heavy atom. The monoisotopic (exact) mass is 1640 g/mol. The minimum Gasteiger partial charge on any atom is -0.502 e. The highest BCUT2D eigenvalue weighted by Gasteiger charge is 2.40. The van der Waals surface area contributed by atoms with Crippen molar-refractivity contribution in [2.24, 2.45) is 95.2 Å². The maximum Gasteiger partial charge on any atom is 0.329 e. The van der Waals surface area contributed by atoms with Crippen LogP contribution in [0.5, 0.6) is 0 Å². The summed E-state index contributed by atoms with van der Waals surface area (Å²) in [6, 6.07) is 2.88. The van der Waals surface area contributed by atoms with E-state index in [-0.39, 0.29) is 34.1 Å². The average molecular weight is 1640 g/mol. The topological polar surface area (TPSA) is 198 Å². The number of allylic oxidation sites excluding steroid dienone is 13. The molecule has 0 heterocycles. The minimum absolute atomic E-state index is 0.0976. The van der Waals surface area contributed by atoms with Crippen LogP contribution in [0.4, 0.5) is 0 Å².